The van der Waals surface area contributed by atoms with Crippen molar-refractivity contribution >= 4 is 32.0 Å². The van der Waals surface area contributed by atoms with Gasteiger partial charge in [-0.15, -0.1) is 0 Å². The highest BCUT2D eigenvalue weighted by molar-refractivity contribution is 7.91. The summed E-state index contributed by atoms with van der Waals surface area (Å²) in [7, 11) is -3.92. The third-order valence-electron chi connectivity index (χ3n) is 2.48. The molecule has 1 aromatic heterocycles. The average molecular weight is 324 g/mol. The molecule has 0 bridgehead atoms. The number of anilines is 1. The number of rotatable bonds is 7. The molecule has 11 heteroatoms. The molecule has 0 unspecified atom stereocenters. The fraction of sp³-hybridized carbons (Fsp3) is 0.556. The molecule has 0 saturated carbocycles. The molecule has 0 atom stereocenters. The predicted molar refractivity (Wildman–Crippen MR) is 74.9 cm³/mol. The molecule has 0 aliphatic rings. The Kier molecular flexibility index (Phi) is 5.42. The number of thiophene rings is 1. The van der Waals surface area contributed by atoms with Crippen molar-refractivity contribution in [2.24, 2.45) is 5.84 Å². The van der Waals surface area contributed by atoms with Crippen LogP contribution in [0.4, 0.5) is 10.7 Å². The van der Waals surface area contributed by atoms with Gasteiger partial charge >= 0.3 is 5.69 Å². The molecule has 1 aromatic rings. The van der Waals surface area contributed by atoms with E-state index in [2.05, 4.69) is 5.43 Å². The second-order valence-electron chi connectivity index (χ2n) is 4.11. The number of nitrogens with zero attached hydrogens (tertiary/aromatic N) is 2. The standard InChI is InChI=1S/C9H16N4O5S2/c1-6(2)12(3-4-14)20(17,18)8-5-7(13(15)16)9(11-10)19-8/h5-6,11,14H,3-4,10H2,1-2H3. The fourth-order valence-corrected chi connectivity index (χ4v) is 4.59. The first-order chi connectivity index (χ1) is 9.25. The van der Waals surface area contributed by atoms with E-state index in [1.165, 1.54) is 0 Å². The van der Waals surface area contributed by atoms with Crippen LogP contribution in [0.3, 0.4) is 0 Å². The first-order valence-electron chi connectivity index (χ1n) is 5.63. The molecule has 0 amide bonds. The number of nitrogen functional groups attached to an aromatic ring is 1. The van der Waals surface area contributed by atoms with Crippen LogP contribution < -0.4 is 11.3 Å². The lowest BCUT2D eigenvalue weighted by Gasteiger charge is -2.23. The Morgan fingerprint density at radius 1 is 1.60 bits per heavy atom. The molecule has 0 radical (unpaired) electrons. The molecular weight excluding hydrogens is 308 g/mol. The van der Waals surface area contributed by atoms with Crippen LogP contribution in [0.1, 0.15) is 13.8 Å². The van der Waals surface area contributed by atoms with E-state index >= 15 is 0 Å². The fourth-order valence-electron chi connectivity index (χ4n) is 1.60. The van der Waals surface area contributed by atoms with Gasteiger partial charge in [-0.25, -0.2) is 14.3 Å². The van der Waals surface area contributed by atoms with Crippen molar-refractivity contribution < 1.29 is 18.4 Å². The first-order valence-corrected chi connectivity index (χ1v) is 7.88. The second-order valence-corrected chi connectivity index (χ2v) is 7.28. The Labute approximate surface area is 120 Å². The maximum absolute atomic E-state index is 12.4. The number of nitrogens with two attached hydrogens (primary N) is 1. The maximum Gasteiger partial charge on any atom is 0.306 e. The van der Waals surface area contributed by atoms with Crippen LogP contribution >= 0.6 is 11.3 Å². The molecule has 0 spiro atoms. The van der Waals surface area contributed by atoms with Crippen LogP contribution in [0.15, 0.2) is 10.3 Å². The topological polar surface area (TPSA) is 139 Å². The summed E-state index contributed by atoms with van der Waals surface area (Å²) in [5.74, 6) is 5.15. The van der Waals surface area contributed by atoms with Gasteiger partial charge in [0.25, 0.3) is 10.0 Å². The molecule has 0 aliphatic heterocycles. The summed E-state index contributed by atoms with van der Waals surface area (Å²) >= 11 is 0.677. The molecule has 114 valence electrons. The van der Waals surface area contributed by atoms with E-state index in [9.17, 15) is 18.5 Å². The van der Waals surface area contributed by atoms with Crippen LogP contribution in [0.2, 0.25) is 0 Å². The molecule has 0 saturated heterocycles. The monoisotopic (exact) mass is 324 g/mol. The lowest BCUT2D eigenvalue weighted by molar-refractivity contribution is -0.383. The van der Waals surface area contributed by atoms with Crippen LogP contribution in [0.5, 0.6) is 0 Å². The number of hydrogen-bond acceptors (Lipinski definition) is 8. The zero-order valence-electron chi connectivity index (χ0n) is 10.9. The van der Waals surface area contributed by atoms with Crippen molar-refractivity contribution in [1.82, 2.24) is 4.31 Å². The SMILES string of the molecule is CC(C)N(CCO)S(=O)(=O)c1cc([N+](=O)[O-])c(NN)s1. The van der Waals surface area contributed by atoms with E-state index in [1.54, 1.807) is 13.8 Å². The number of hydrazine groups is 1. The van der Waals surface area contributed by atoms with Crippen molar-refractivity contribution in [3.63, 3.8) is 0 Å². The smallest absolute Gasteiger partial charge is 0.306 e. The minimum atomic E-state index is -3.92. The zero-order valence-corrected chi connectivity index (χ0v) is 12.6. The molecule has 0 aromatic carbocycles. The number of sulfonamides is 1. The molecule has 0 aliphatic carbocycles. The normalized spacial score (nSPS) is 12.1. The van der Waals surface area contributed by atoms with Crippen LogP contribution in [-0.4, -0.2) is 41.9 Å². The number of aliphatic hydroxyl groups is 1. The van der Waals surface area contributed by atoms with Crippen molar-refractivity contribution in [3.05, 3.63) is 16.2 Å². The third-order valence-corrected chi connectivity index (χ3v) is 6.06. The highest BCUT2D eigenvalue weighted by atomic mass is 32.2. The van der Waals surface area contributed by atoms with Crippen LogP contribution in [-0.2, 0) is 10.0 Å². The summed E-state index contributed by atoms with van der Waals surface area (Å²) in [6.07, 6.45) is 0. The highest BCUT2D eigenvalue weighted by Crippen LogP contribution is 2.37. The Bertz CT molecular complexity index is 583. The zero-order chi connectivity index (χ0) is 15.5. The van der Waals surface area contributed by atoms with Crippen LogP contribution in [0.25, 0.3) is 0 Å². The van der Waals surface area contributed by atoms with Crippen molar-refractivity contribution in [3.8, 4) is 0 Å². The maximum atomic E-state index is 12.4. The number of nitrogens with one attached hydrogen (secondary N) is 1. The van der Waals surface area contributed by atoms with Gasteiger partial charge in [0.1, 0.15) is 4.21 Å². The molecule has 4 N–H and O–H groups in total. The largest absolute Gasteiger partial charge is 0.395 e. The quantitative estimate of drug-likeness (QED) is 0.373. The minimum Gasteiger partial charge on any atom is -0.395 e. The molecular formula is C9H16N4O5S2. The van der Waals surface area contributed by atoms with E-state index in [0.717, 1.165) is 10.4 Å². The molecule has 1 rings (SSSR count). The Hall–Kier alpha value is -1.27. The molecule has 0 fully saturated rings. The molecule has 20 heavy (non-hydrogen) atoms. The van der Waals surface area contributed by atoms with Gasteiger partial charge in [0.05, 0.1) is 11.5 Å². The summed E-state index contributed by atoms with van der Waals surface area (Å²) < 4.78 is 25.7. The predicted octanol–water partition coefficient (Wildman–Crippen LogP) is 0.333. The third kappa shape index (κ3) is 3.24. The van der Waals surface area contributed by atoms with E-state index < -0.39 is 20.6 Å². The first kappa shape index (κ1) is 16.8. The van der Waals surface area contributed by atoms with E-state index in [4.69, 9.17) is 10.9 Å². The Morgan fingerprint density at radius 2 is 2.20 bits per heavy atom. The van der Waals surface area contributed by atoms with Crippen molar-refractivity contribution in [2.75, 3.05) is 18.6 Å². The summed E-state index contributed by atoms with van der Waals surface area (Å²) in [5, 5.41) is 19.7. The second kappa shape index (κ2) is 6.45. The van der Waals surface area contributed by atoms with Crippen molar-refractivity contribution in [1.29, 1.82) is 0 Å². The Morgan fingerprint density at radius 3 is 2.55 bits per heavy atom. The lowest BCUT2D eigenvalue weighted by Crippen LogP contribution is -2.38. The summed E-state index contributed by atoms with van der Waals surface area (Å²) in [5.41, 5.74) is 1.71. The summed E-state index contributed by atoms with van der Waals surface area (Å²) in [4.78, 5) is 10.1. The van der Waals surface area contributed by atoms with Gasteiger partial charge in [0.2, 0.25) is 0 Å². The number of aliphatic hydroxyl groups excluding tert-OH is 1. The van der Waals surface area contributed by atoms with Crippen molar-refractivity contribution in [2.45, 2.75) is 24.1 Å². The van der Waals surface area contributed by atoms with Gasteiger partial charge in [0.15, 0.2) is 5.00 Å². The number of nitro groups is 1. The highest BCUT2D eigenvalue weighted by Gasteiger charge is 2.32. The van der Waals surface area contributed by atoms with E-state index in [1.807, 2.05) is 0 Å². The number of hydrogen-bond donors (Lipinski definition) is 3. The van der Waals surface area contributed by atoms with Gasteiger partial charge in [-0.2, -0.15) is 4.31 Å². The Balaban J connectivity index is 3.31. The van der Waals surface area contributed by atoms with Gasteiger partial charge in [0, 0.05) is 18.7 Å². The summed E-state index contributed by atoms with van der Waals surface area (Å²) in [6, 6.07) is 0.574. The molecule has 1 heterocycles. The van der Waals surface area contributed by atoms with Gasteiger partial charge < -0.3 is 10.5 Å². The van der Waals surface area contributed by atoms with E-state index in [0.29, 0.717) is 11.3 Å². The minimum absolute atomic E-state index is 0.0405. The summed E-state index contributed by atoms with van der Waals surface area (Å²) in [6.45, 7) is 2.87. The van der Waals surface area contributed by atoms with Crippen LogP contribution in [0, 0.1) is 10.1 Å². The average Bonchev–Trinajstić information content (AvgIpc) is 2.80. The lowest BCUT2D eigenvalue weighted by atomic mass is 10.4. The van der Waals surface area contributed by atoms with Gasteiger partial charge in [-0.05, 0) is 13.8 Å². The molecule has 9 nitrogen and oxygen atoms in total. The van der Waals surface area contributed by atoms with Gasteiger partial charge in [-0.1, -0.05) is 11.3 Å². The van der Waals surface area contributed by atoms with Gasteiger partial charge in [-0.3, -0.25) is 10.1 Å². The van der Waals surface area contributed by atoms with E-state index in [-0.39, 0.29) is 28.4 Å².